The van der Waals surface area contributed by atoms with Gasteiger partial charge in [0.1, 0.15) is 0 Å². The predicted molar refractivity (Wildman–Crippen MR) is 43.7 cm³/mol. The summed E-state index contributed by atoms with van der Waals surface area (Å²) in [4.78, 5) is 0. The van der Waals surface area contributed by atoms with Crippen molar-refractivity contribution in [3.05, 3.63) is 0 Å². The summed E-state index contributed by atoms with van der Waals surface area (Å²) in [7, 11) is 0. The van der Waals surface area contributed by atoms with E-state index in [1.54, 1.807) is 0 Å². The number of hydrazine groups is 1. The third-order valence-electron chi connectivity index (χ3n) is 1.27. The molecule has 0 radical (unpaired) electrons. The second-order valence-electron chi connectivity index (χ2n) is 2.00. The van der Waals surface area contributed by atoms with Crippen LogP contribution in [0.2, 0.25) is 0 Å². The van der Waals surface area contributed by atoms with Crippen LogP contribution in [0.3, 0.4) is 0 Å². The van der Waals surface area contributed by atoms with Gasteiger partial charge in [-0.3, -0.25) is 11.7 Å². The molecule has 1 rings (SSSR count). The largest absolute Gasteiger partial charge is 0.392 e. The van der Waals surface area contributed by atoms with Gasteiger partial charge in [0.25, 0.3) is 0 Å². The van der Waals surface area contributed by atoms with Crippen LogP contribution < -0.4 is 17.0 Å². The first-order valence-corrected chi connectivity index (χ1v) is 3.12. The van der Waals surface area contributed by atoms with Crippen LogP contribution in [0, 0.1) is 0 Å². The minimum atomic E-state index is -0.0752. The second-order valence-corrected chi connectivity index (χ2v) is 2.00. The van der Waals surface area contributed by atoms with Gasteiger partial charge in [0, 0.05) is 6.54 Å². The number of halogens is 1. The van der Waals surface area contributed by atoms with Gasteiger partial charge in [-0.05, 0) is 19.4 Å². The Labute approximate surface area is 67.3 Å². The molecule has 1 atom stereocenters. The Kier molecular flexibility index (Phi) is 11.7. The van der Waals surface area contributed by atoms with Gasteiger partial charge in [-0.2, -0.15) is 0 Å². The maximum absolute atomic E-state index is 8.85. The highest BCUT2D eigenvalue weighted by atomic mass is 35.5. The van der Waals surface area contributed by atoms with Crippen LogP contribution in [0.4, 0.5) is 0 Å². The maximum Gasteiger partial charge on any atom is 0.0665 e. The van der Waals surface area contributed by atoms with E-state index in [-0.39, 0.29) is 18.5 Å². The van der Waals surface area contributed by atoms with E-state index in [0.717, 1.165) is 25.9 Å². The van der Waals surface area contributed by atoms with Crippen molar-refractivity contribution in [3.63, 3.8) is 0 Å². The number of nitrogens with one attached hydrogen (secondary N) is 1. The molecule has 0 aromatic carbocycles. The van der Waals surface area contributed by atoms with Crippen molar-refractivity contribution in [3.8, 4) is 0 Å². The van der Waals surface area contributed by atoms with Crippen LogP contribution >= 0.6 is 12.4 Å². The second kappa shape index (κ2) is 9.13. The Morgan fingerprint density at radius 2 is 2.00 bits per heavy atom. The molecule has 1 aliphatic heterocycles. The Morgan fingerprint density at radius 1 is 1.40 bits per heavy atom. The van der Waals surface area contributed by atoms with Crippen LogP contribution in [-0.2, 0) is 0 Å². The summed E-state index contributed by atoms with van der Waals surface area (Å²) in [5.41, 5.74) is 0. The lowest BCUT2D eigenvalue weighted by molar-refractivity contribution is 0.142. The summed E-state index contributed by atoms with van der Waals surface area (Å²) in [5.74, 6) is 8.00. The molecule has 1 saturated heterocycles. The molecule has 5 heteroatoms. The summed E-state index contributed by atoms with van der Waals surface area (Å²) in [6, 6.07) is 0. The highest BCUT2D eigenvalue weighted by molar-refractivity contribution is 5.85. The Balaban J connectivity index is 0. The maximum atomic E-state index is 8.85. The molecule has 1 unspecified atom stereocenters. The zero-order valence-electron chi connectivity index (χ0n) is 5.92. The highest BCUT2D eigenvalue weighted by Gasteiger charge is 2.06. The zero-order valence-corrected chi connectivity index (χ0v) is 6.73. The fraction of sp³-hybridized carbons (Fsp3) is 1.00. The number of aliphatic hydroxyl groups is 1. The fourth-order valence-corrected chi connectivity index (χ4v) is 0.833. The fourth-order valence-electron chi connectivity index (χ4n) is 0.833. The number of hydrogen-bond acceptors (Lipinski definition) is 4. The first-order valence-electron chi connectivity index (χ1n) is 3.12. The van der Waals surface area contributed by atoms with Crippen LogP contribution in [0.1, 0.15) is 12.8 Å². The Bertz CT molecular complexity index is 58.9. The normalized spacial score (nSPS) is 23.7. The van der Waals surface area contributed by atoms with Crippen molar-refractivity contribution < 1.29 is 5.11 Å². The van der Waals surface area contributed by atoms with Gasteiger partial charge in [0.05, 0.1) is 6.10 Å². The molecular weight excluding hydrogens is 154 g/mol. The number of nitrogens with two attached hydrogens (primary N) is 2. The molecule has 0 aromatic heterocycles. The van der Waals surface area contributed by atoms with Crippen molar-refractivity contribution in [2.45, 2.75) is 18.9 Å². The van der Waals surface area contributed by atoms with E-state index in [2.05, 4.69) is 17.0 Å². The van der Waals surface area contributed by atoms with Gasteiger partial charge in [-0.25, -0.2) is 0 Å². The molecule has 0 amide bonds. The van der Waals surface area contributed by atoms with Gasteiger partial charge < -0.3 is 10.4 Å². The van der Waals surface area contributed by atoms with E-state index in [0.29, 0.717) is 0 Å². The van der Waals surface area contributed by atoms with Gasteiger partial charge in [0.2, 0.25) is 0 Å². The molecule has 0 bridgehead atoms. The lowest BCUT2D eigenvalue weighted by Gasteiger charge is -2.16. The molecule has 1 heterocycles. The number of β-amino-alcohol motifs (C(OH)–C–C–N with tert-alkyl or cyclic N) is 1. The van der Waals surface area contributed by atoms with Crippen molar-refractivity contribution in [2.24, 2.45) is 11.7 Å². The highest BCUT2D eigenvalue weighted by Crippen LogP contribution is 1.98. The molecule has 10 heavy (non-hydrogen) atoms. The summed E-state index contributed by atoms with van der Waals surface area (Å²) in [5, 5.41) is 11.9. The average molecular weight is 170 g/mol. The van der Waals surface area contributed by atoms with Crippen LogP contribution in [0.5, 0.6) is 0 Å². The molecule has 0 aliphatic carbocycles. The third kappa shape index (κ3) is 6.25. The van der Waals surface area contributed by atoms with Crippen LogP contribution in [0.15, 0.2) is 0 Å². The quantitative estimate of drug-likeness (QED) is 0.276. The van der Waals surface area contributed by atoms with E-state index in [1.807, 2.05) is 0 Å². The molecule has 1 aliphatic rings. The summed E-state index contributed by atoms with van der Waals surface area (Å²) in [6.07, 6.45) is 2.03. The molecule has 4 nitrogen and oxygen atoms in total. The Hall–Kier alpha value is 0.130. The predicted octanol–water partition coefficient (Wildman–Crippen LogP) is -1.03. The SMILES string of the molecule is Cl.NN.OC1CCCNC1. The van der Waals surface area contributed by atoms with Crippen molar-refractivity contribution in [1.82, 2.24) is 5.32 Å². The van der Waals surface area contributed by atoms with Gasteiger partial charge >= 0.3 is 0 Å². The minimum absolute atomic E-state index is 0. The number of aliphatic hydroxyl groups excluding tert-OH is 1. The van der Waals surface area contributed by atoms with E-state index >= 15 is 0 Å². The smallest absolute Gasteiger partial charge is 0.0665 e. The first kappa shape index (κ1) is 12.8. The Morgan fingerprint density at radius 3 is 2.20 bits per heavy atom. The molecule has 6 N–H and O–H groups in total. The van der Waals surface area contributed by atoms with Crippen molar-refractivity contribution in [1.29, 1.82) is 0 Å². The minimum Gasteiger partial charge on any atom is -0.392 e. The van der Waals surface area contributed by atoms with Crippen LogP contribution in [-0.4, -0.2) is 24.3 Å². The third-order valence-corrected chi connectivity index (χ3v) is 1.27. The van der Waals surface area contributed by atoms with Gasteiger partial charge in [-0.1, -0.05) is 0 Å². The molecule has 64 valence electrons. The monoisotopic (exact) mass is 169 g/mol. The van der Waals surface area contributed by atoms with E-state index in [4.69, 9.17) is 5.11 Å². The zero-order chi connectivity index (χ0) is 7.11. The van der Waals surface area contributed by atoms with Crippen molar-refractivity contribution >= 4 is 12.4 Å². The van der Waals surface area contributed by atoms with Crippen LogP contribution in [0.25, 0.3) is 0 Å². The molecular formula is C5H16ClN3O. The van der Waals surface area contributed by atoms with E-state index < -0.39 is 0 Å². The topological polar surface area (TPSA) is 84.3 Å². The lowest BCUT2D eigenvalue weighted by Crippen LogP contribution is -2.33. The molecule has 0 spiro atoms. The number of hydrogen-bond donors (Lipinski definition) is 4. The summed E-state index contributed by atoms with van der Waals surface area (Å²) < 4.78 is 0. The molecule has 0 aromatic rings. The average Bonchev–Trinajstić information content (AvgIpc) is 1.94. The number of piperidine rings is 1. The first-order chi connectivity index (χ1) is 4.39. The van der Waals surface area contributed by atoms with Gasteiger partial charge in [0.15, 0.2) is 0 Å². The standard InChI is InChI=1S/C5H11NO.ClH.H4N2/c7-5-2-1-3-6-4-5;;1-2/h5-7H,1-4H2;1H;1-2H2. The van der Waals surface area contributed by atoms with Gasteiger partial charge in [-0.15, -0.1) is 12.4 Å². The number of rotatable bonds is 0. The van der Waals surface area contributed by atoms with E-state index in [9.17, 15) is 0 Å². The van der Waals surface area contributed by atoms with Crippen molar-refractivity contribution in [2.75, 3.05) is 13.1 Å². The molecule has 1 fully saturated rings. The summed E-state index contributed by atoms with van der Waals surface area (Å²) in [6.45, 7) is 1.87. The lowest BCUT2D eigenvalue weighted by atomic mass is 10.1. The summed E-state index contributed by atoms with van der Waals surface area (Å²) >= 11 is 0. The van der Waals surface area contributed by atoms with E-state index in [1.165, 1.54) is 0 Å². The molecule has 0 saturated carbocycles.